The highest BCUT2D eigenvalue weighted by atomic mass is 16.5. The van der Waals surface area contributed by atoms with E-state index in [1.807, 2.05) is 55.5 Å². The van der Waals surface area contributed by atoms with Gasteiger partial charge in [-0.3, -0.25) is 13.9 Å². The maximum Gasteiger partial charge on any atom is 0.332 e. The fraction of sp³-hybridized carbons (Fsp3) is 0.240. The molecule has 0 aliphatic carbocycles. The summed E-state index contributed by atoms with van der Waals surface area (Å²) in [5, 5.41) is 0. The predicted octanol–water partition coefficient (Wildman–Crippen LogP) is 3.43. The van der Waals surface area contributed by atoms with E-state index >= 15 is 0 Å². The number of benzene rings is 2. The van der Waals surface area contributed by atoms with Gasteiger partial charge in [-0.1, -0.05) is 36.4 Å². The summed E-state index contributed by atoms with van der Waals surface area (Å²) in [5.74, 6) is 1.23. The second-order valence-corrected chi connectivity index (χ2v) is 7.51. The number of rotatable bonds is 7. The Labute approximate surface area is 185 Å². The monoisotopic (exact) mass is 431 g/mol. The highest BCUT2D eigenvalue weighted by molar-refractivity contribution is 5.73. The molecule has 0 fully saturated rings. The fourth-order valence-electron chi connectivity index (χ4n) is 3.93. The van der Waals surface area contributed by atoms with Crippen LogP contribution in [-0.4, -0.2) is 28.3 Å². The van der Waals surface area contributed by atoms with Gasteiger partial charge in [0.05, 0.1) is 25.8 Å². The van der Waals surface area contributed by atoms with Gasteiger partial charge < -0.3 is 9.47 Å². The Bertz CT molecular complexity index is 1360. The fourth-order valence-corrected chi connectivity index (χ4v) is 3.93. The quantitative estimate of drug-likeness (QED) is 0.448. The van der Waals surface area contributed by atoms with E-state index in [2.05, 4.69) is 4.98 Å². The molecule has 2 heterocycles. The number of hydrogen-bond donors (Lipinski definition) is 0. The number of pyridine rings is 1. The molecule has 2 aromatic carbocycles. The molecule has 2 aromatic heterocycles. The third kappa shape index (κ3) is 3.89. The van der Waals surface area contributed by atoms with E-state index in [-0.39, 0.29) is 29.4 Å². The van der Waals surface area contributed by atoms with Crippen LogP contribution in [0, 0.1) is 0 Å². The van der Waals surface area contributed by atoms with E-state index in [9.17, 15) is 9.59 Å². The Hall–Kier alpha value is -3.87. The molecule has 0 bridgehead atoms. The molecule has 0 aliphatic rings. The lowest BCUT2D eigenvalue weighted by Gasteiger charge is -2.20. The van der Waals surface area contributed by atoms with Crippen LogP contribution in [0.5, 0.6) is 11.5 Å². The van der Waals surface area contributed by atoms with E-state index in [0.717, 1.165) is 11.1 Å². The summed E-state index contributed by atoms with van der Waals surface area (Å²) < 4.78 is 13.6. The molecule has 4 aromatic rings. The van der Waals surface area contributed by atoms with E-state index < -0.39 is 0 Å². The molecule has 0 saturated heterocycles. The van der Waals surface area contributed by atoms with Gasteiger partial charge in [0.15, 0.2) is 17.0 Å². The lowest BCUT2D eigenvalue weighted by molar-refractivity contribution is 0.354. The first-order valence-corrected chi connectivity index (χ1v) is 10.4. The molecule has 0 N–H and O–H groups in total. The average molecular weight is 431 g/mol. The molecule has 32 heavy (non-hydrogen) atoms. The van der Waals surface area contributed by atoms with Crippen LogP contribution in [0.3, 0.4) is 0 Å². The summed E-state index contributed by atoms with van der Waals surface area (Å²) in [4.78, 5) is 31.0. The van der Waals surface area contributed by atoms with Crippen molar-refractivity contribution in [2.75, 3.05) is 14.2 Å². The first-order valence-electron chi connectivity index (χ1n) is 10.4. The lowest BCUT2D eigenvalue weighted by atomic mass is 10.1. The molecule has 0 saturated carbocycles. The normalized spacial score (nSPS) is 12.0. The second-order valence-electron chi connectivity index (χ2n) is 7.51. The maximum absolute atomic E-state index is 13.5. The van der Waals surface area contributed by atoms with Crippen LogP contribution >= 0.6 is 0 Å². The van der Waals surface area contributed by atoms with E-state index in [1.165, 1.54) is 4.57 Å². The maximum atomic E-state index is 13.5. The summed E-state index contributed by atoms with van der Waals surface area (Å²) >= 11 is 0. The molecule has 1 atom stereocenters. The molecule has 7 nitrogen and oxygen atoms in total. The molecule has 0 aliphatic heterocycles. The van der Waals surface area contributed by atoms with Crippen LogP contribution < -0.4 is 20.7 Å². The molecular weight excluding hydrogens is 406 g/mol. The first-order chi connectivity index (χ1) is 15.5. The Morgan fingerprint density at radius 3 is 2.41 bits per heavy atom. The van der Waals surface area contributed by atoms with Crippen molar-refractivity contribution in [1.82, 2.24) is 14.1 Å². The van der Waals surface area contributed by atoms with E-state index in [1.54, 1.807) is 37.1 Å². The van der Waals surface area contributed by atoms with Crippen molar-refractivity contribution in [1.29, 1.82) is 0 Å². The molecule has 0 unspecified atom stereocenters. The number of ether oxygens (including phenoxy) is 2. The first kappa shape index (κ1) is 21.4. The van der Waals surface area contributed by atoms with Crippen LogP contribution in [-0.2, 0) is 13.0 Å². The summed E-state index contributed by atoms with van der Waals surface area (Å²) in [7, 11) is 3.15. The van der Waals surface area contributed by atoms with Crippen molar-refractivity contribution in [3.05, 3.63) is 98.8 Å². The molecular formula is C25H25N3O4. The number of fused-ring (bicyclic) bond motifs is 1. The number of aromatic nitrogens is 3. The third-order valence-electron chi connectivity index (χ3n) is 5.67. The number of nitrogens with zero attached hydrogens (tertiary/aromatic N) is 3. The van der Waals surface area contributed by atoms with Crippen molar-refractivity contribution >= 4 is 11.0 Å². The second kappa shape index (κ2) is 9.09. The van der Waals surface area contributed by atoms with Crippen molar-refractivity contribution in [2.45, 2.75) is 25.9 Å². The summed E-state index contributed by atoms with van der Waals surface area (Å²) in [6.07, 6.45) is 2.05. The van der Waals surface area contributed by atoms with Crippen LogP contribution in [0.15, 0.2) is 76.4 Å². The van der Waals surface area contributed by atoms with Crippen LogP contribution in [0.4, 0.5) is 0 Å². The van der Waals surface area contributed by atoms with Gasteiger partial charge in [0, 0.05) is 12.7 Å². The minimum absolute atomic E-state index is 0.223. The number of methoxy groups -OCH3 is 2. The largest absolute Gasteiger partial charge is 0.493 e. The summed E-state index contributed by atoms with van der Waals surface area (Å²) in [6, 6.07) is 18.6. The average Bonchev–Trinajstić information content (AvgIpc) is 2.84. The predicted molar refractivity (Wildman–Crippen MR) is 124 cm³/mol. The number of hydrogen-bond acceptors (Lipinski definition) is 5. The van der Waals surface area contributed by atoms with Gasteiger partial charge in [-0.15, -0.1) is 0 Å². The van der Waals surface area contributed by atoms with Crippen molar-refractivity contribution < 1.29 is 9.47 Å². The SMILES string of the molecule is COc1ccc(CCn2c(=O)c3ncccc3n([C@@H](C)c3ccccc3)c2=O)cc1OC. The Morgan fingerprint density at radius 1 is 0.938 bits per heavy atom. The minimum atomic E-state index is -0.386. The molecule has 0 radical (unpaired) electrons. The van der Waals surface area contributed by atoms with E-state index in [0.29, 0.717) is 23.4 Å². The molecule has 0 spiro atoms. The van der Waals surface area contributed by atoms with Crippen LogP contribution in [0.25, 0.3) is 11.0 Å². The van der Waals surface area contributed by atoms with Gasteiger partial charge >= 0.3 is 5.69 Å². The van der Waals surface area contributed by atoms with Crippen molar-refractivity contribution in [3.8, 4) is 11.5 Å². The Kier molecular flexibility index (Phi) is 6.07. The Balaban J connectivity index is 1.79. The molecule has 7 heteroatoms. The van der Waals surface area contributed by atoms with Crippen LogP contribution in [0.1, 0.15) is 24.1 Å². The zero-order chi connectivity index (χ0) is 22.7. The molecule has 164 valence electrons. The number of aryl methyl sites for hydroxylation is 1. The van der Waals surface area contributed by atoms with Gasteiger partial charge in [0.25, 0.3) is 5.56 Å². The van der Waals surface area contributed by atoms with Gasteiger partial charge in [0.1, 0.15) is 0 Å². The molecule has 4 rings (SSSR count). The topological polar surface area (TPSA) is 75.4 Å². The van der Waals surface area contributed by atoms with Gasteiger partial charge in [-0.2, -0.15) is 0 Å². The smallest absolute Gasteiger partial charge is 0.332 e. The highest BCUT2D eigenvalue weighted by Gasteiger charge is 2.19. The highest BCUT2D eigenvalue weighted by Crippen LogP contribution is 2.27. The van der Waals surface area contributed by atoms with Gasteiger partial charge in [-0.05, 0) is 48.7 Å². The third-order valence-corrected chi connectivity index (χ3v) is 5.67. The minimum Gasteiger partial charge on any atom is -0.493 e. The zero-order valence-corrected chi connectivity index (χ0v) is 18.3. The van der Waals surface area contributed by atoms with Crippen LogP contribution in [0.2, 0.25) is 0 Å². The van der Waals surface area contributed by atoms with Gasteiger partial charge in [-0.25, -0.2) is 9.78 Å². The van der Waals surface area contributed by atoms with E-state index in [4.69, 9.17) is 9.47 Å². The Morgan fingerprint density at radius 2 is 1.69 bits per heavy atom. The summed E-state index contributed by atoms with van der Waals surface area (Å²) in [5.41, 5.74) is 1.97. The lowest BCUT2D eigenvalue weighted by Crippen LogP contribution is -2.42. The summed E-state index contributed by atoms with van der Waals surface area (Å²) in [6.45, 7) is 2.17. The molecule has 0 amide bonds. The van der Waals surface area contributed by atoms with Crippen molar-refractivity contribution in [3.63, 3.8) is 0 Å². The standard InChI is InChI=1S/C25H25N3O4/c1-17(19-8-5-4-6-9-19)28-20-10-7-14-26-23(20)24(29)27(25(28)30)15-13-18-11-12-21(31-2)22(16-18)32-3/h4-12,14,16-17H,13,15H2,1-3H3/t17-/m0/s1. The van der Waals surface area contributed by atoms with Crippen molar-refractivity contribution in [2.24, 2.45) is 0 Å². The van der Waals surface area contributed by atoms with Gasteiger partial charge in [0.2, 0.25) is 0 Å². The zero-order valence-electron chi connectivity index (χ0n) is 18.3.